The highest BCUT2D eigenvalue weighted by atomic mass is 32.1. The van der Waals surface area contributed by atoms with E-state index in [9.17, 15) is 0 Å². The first-order valence-electron chi connectivity index (χ1n) is 5.58. The van der Waals surface area contributed by atoms with Crippen molar-refractivity contribution in [3.05, 3.63) is 39.7 Å². The summed E-state index contributed by atoms with van der Waals surface area (Å²) in [5, 5.41) is 6.67. The average molecular weight is 230 g/mol. The highest BCUT2D eigenvalue weighted by Gasteiger charge is 2.10. The molecular formula is C13H14N2S. The number of nitrogens with zero attached hydrogens (tertiary/aromatic N) is 1. The lowest BCUT2D eigenvalue weighted by Crippen LogP contribution is -2.23. The van der Waals surface area contributed by atoms with Gasteiger partial charge in [0.1, 0.15) is 0 Å². The van der Waals surface area contributed by atoms with E-state index in [-0.39, 0.29) is 0 Å². The SMILES string of the molecule is Cc1nc(-c2ccc3c(c2)CNCC3)cs1. The van der Waals surface area contributed by atoms with E-state index in [0.717, 1.165) is 30.2 Å². The van der Waals surface area contributed by atoms with Crippen LogP contribution in [0.3, 0.4) is 0 Å². The fourth-order valence-corrected chi connectivity index (χ4v) is 2.76. The van der Waals surface area contributed by atoms with Gasteiger partial charge in [-0.2, -0.15) is 0 Å². The second-order valence-electron chi connectivity index (χ2n) is 4.16. The maximum Gasteiger partial charge on any atom is 0.0901 e. The minimum atomic E-state index is 0.992. The Morgan fingerprint density at radius 1 is 1.31 bits per heavy atom. The van der Waals surface area contributed by atoms with Crippen LogP contribution >= 0.6 is 11.3 Å². The van der Waals surface area contributed by atoms with Crippen LogP contribution in [0.2, 0.25) is 0 Å². The molecular weight excluding hydrogens is 216 g/mol. The molecule has 2 heterocycles. The average Bonchev–Trinajstić information content (AvgIpc) is 2.75. The molecule has 0 spiro atoms. The largest absolute Gasteiger partial charge is 0.312 e. The summed E-state index contributed by atoms with van der Waals surface area (Å²) < 4.78 is 0. The van der Waals surface area contributed by atoms with Crippen molar-refractivity contribution in [2.45, 2.75) is 19.9 Å². The van der Waals surface area contributed by atoms with E-state index in [0.29, 0.717) is 0 Å². The van der Waals surface area contributed by atoms with Gasteiger partial charge in [0, 0.05) is 17.5 Å². The van der Waals surface area contributed by atoms with Crippen LogP contribution in [-0.4, -0.2) is 11.5 Å². The number of nitrogens with one attached hydrogen (secondary N) is 1. The predicted molar refractivity (Wildman–Crippen MR) is 67.7 cm³/mol. The molecule has 0 atom stereocenters. The van der Waals surface area contributed by atoms with Crippen molar-refractivity contribution in [2.24, 2.45) is 0 Å². The molecule has 0 fully saturated rings. The van der Waals surface area contributed by atoms with Crippen LogP contribution in [0.1, 0.15) is 16.1 Å². The fraction of sp³-hybridized carbons (Fsp3) is 0.308. The smallest absolute Gasteiger partial charge is 0.0901 e. The lowest BCUT2D eigenvalue weighted by molar-refractivity contribution is 0.644. The number of rotatable bonds is 1. The van der Waals surface area contributed by atoms with Gasteiger partial charge in [0.25, 0.3) is 0 Å². The van der Waals surface area contributed by atoms with Gasteiger partial charge in [-0.3, -0.25) is 0 Å². The number of benzene rings is 1. The Balaban J connectivity index is 2.02. The summed E-state index contributed by atoms with van der Waals surface area (Å²) in [6, 6.07) is 6.72. The number of thiazole rings is 1. The summed E-state index contributed by atoms with van der Waals surface area (Å²) in [5.41, 5.74) is 5.26. The Morgan fingerprint density at radius 3 is 3.06 bits per heavy atom. The van der Waals surface area contributed by atoms with Crippen molar-refractivity contribution in [1.29, 1.82) is 0 Å². The predicted octanol–water partition coefficient (Wildman–Crippen LogP) is 2.76. The summed E-state index contributed by atoms with van der Waals surface area (Å²) in [4.78, 5) is 4.53. The molecule has 2 nitrogen and oxygen atoms in total. The lowest BCUT2D eigenvalue weighted by atomic mass is 9.98. The minimum Gasteiger partial charge on any atom is -0.312 e. The van der Waals surface area contributed by atoms with Crippen molar-refractivity contribution < 1.29 is 0 Å². The Labute approximate surface area is 99.4 Å². The van der Waals surface area contributed by atoms with Crippen molar-refractivity contribution in [1.82, 2.24) is 10.3 Å². The maximum atomic E-state index is 4.53. The number of aryl methyl sites for hydroxylation is 1. The first-order chi connectivity index (χ1) is 7.83. The maximum absolute atomic E-state index is 4.53. The molecule has 0 aliphatic carbocycles. The molecule has 0 radical (unpaired) electrons. The van der Waals surface area contributed by atoms with E-state index in [4.69, 9.17) is 0 Å². The molecule has 0 unspecified atom stereocenters. The van der Waals surface area contributed by atoms with E-state index in [1.165, 1.54) is 16.7 Å². The first kappa shape index (κ1) is 10.00. The van der Waals surface area contributed by atoms with Gasteiger partial charge in [0.15, 0.2) is 0 Å². The Kier molecular flexibility index (Phi) is 2.50. The van der Waals surface area contributed by atoms with E-state index < -0.39 is 0 Å². The summed E-state index contributed by atoms with van der Waals surface area (Å²) in [6.07, 6.45) is 1.14. The molecule has 0 bridgehead atoms. The normalized spacial score (nSPS) is 14.8. The lowest BCUT2D eigenvalue weighted by Gasteiger charge is -2.17. The number of fused-ring (bicyclic) bond motifs is 1. The molecule has 1 aromatic heterocycles. The molecule has 1 N–H and O–H groups in total. The third kappa shape index (κ3) is 1.77. The Morgan fingerprint density at radius 2 is 2.25 bits per heavy atom. The molecule has 0 saturated heterocycles. The van der Waals surface area contributed by atoms with Crippen molar-refractivity contribution >= 4 is 11.3 Å². The van der Waals surface area contributed by atoms with Gasteiger partial charge < -0.3 is 5.32 Å². The van der Waals surface area contributed by atoms with Crippen LogP contribution in [0.5, 0.6) is 0 Å². The third-order valence-corrected chi connectivity index (χ3v) is 3.78. The summed E-state index contributed by atoms with van der Waals surface area (Å²) in [6.45, 7) is 4.14. The third-order valence-electron chi connectivity index (χ3n) is 3.01. The second-order valence-corrected chi connectivity index (χ2v) is 5.22. The van der Waals surface area contributed by atoms with Crippen molar-refractivity contribution in [3.63, 3.8) is 0 Å². The van der Waals surface area contributed by atoms with Gasteiger partial charge in [0.2, 0.25) is 0 Å². The van der Waals surface area contributed by atoms with Crippen LogP contribution in [-0.2, 0) is 13.0 Å². The molecule has 2 aromatic rings. The second kappa shape index (κ2) is 4.00. The number of aromatic nitrogens is 1. The van der Waals surface area contributed by atoms with E-state index >= 15 is 0 Å². The fourth-order valence-electron chi connectivity index (χ4n) is 2.14. The molecule has 1 aliphatic rings. The zero-order valence-electron chi connectivity index (χ0n) is 9.29. The first-order valence-corrected chi connectivity index (χ1v) is 6.46. The molecule has 3 heteroatoms. The molecule has 0 amide bonds. The quantitative estimate of drug-likeness (QED) is 0.815. The van der Waals surface area contributed by atoms with E-state index in [1.807, 2.05) is 6.92 Å². The zero-order valence-corrected chi connectivity index (χ0v) is 10.1. The van der Waals surface area contributed by atoms with E-state index in [1.54, 1.807) is 11.3 Å². The summed E-state index contributed by atoms with van der Waals surface area (Å²) >= 11 is 1.71. The highest BCUT2D eigenvalue weighted by molar-refractivity contribution is 7.09. The molecule has 0 saturated carbocycles. The Hall–Kier alpha value is -1.19. The van der Waals surface area contributed by atoms with Crippen molar-refractivity contribution in [3.8, 4) is 11.3 Å². The monoisotopic (exact) mass is 230 g/mol. The van der Waals surface area contributed by atoms with Crippen LogP contribution in [0, 0.1) is 6.92 Å². The molecule has 82 valence electrons. The minimum absolute atomic E-state index is 0.992. The standard InChI is InChI=1S/C13H14N2S/c1-9-15-13(8-16-9)11-3-2-10-4-5-14-7-12(10)6-11/h2-3,6,8,14H,4-5,7H2,1H3. The number of hydrogen-bond donors (Lipinski definition) is 1. The molecule has 3 rings (SSSR count). The molecule has 1 aromatic carbocycles. The topological polar surface area (TPSA) is 24.9 Å². The zero-order chi connectivity index (χ0) is 11.0. The van der Waals surface area contributed by atoms with Gasteiger partial charge in [-0.25, -0.2) is 4.98 Å². The van der Waals surface area contributed by atoms with Crippen LogP contribution in [0.15, 0.2) is 23.6 Å². The van der Waals surface area contributed by atoms with Gasteiger partial charge in [-0.05, 0) is 37.1 Å². The van der Waals surface area contributed by atoms with Gasteiger partial charge in [-0.15, -0.1) is 11.3 Å². The van der Waals surface area contributed by atoms with Crippen LogP contribution < -0.4 is 5.32 Å². The molecule has 16 heavy (non-hydrogen) atoms. The van der Waals surface area contributed by atoms with E-state index in [2.05, 4.69) is 33.9 Å². The van der Waals surface area contributed by atoms with Crippen LogP contribution in [0.25, 0.3) is 11.3 Å². The van der Waals surface area contributed by atoms with Gasteiger partial charge >= 0.3 is 0 Å². The van der Waals surface area contributed by atoms with Gasteiger partial charge in [-0.1, -0.05) is 12.1 Å². The highest BCUT2D eigenvalue weighted by Crippen LogP contribution is 2.25. The van der Waals surface area contributed by atoms with Gasteiger partial charge in [0.05, 0.1) is 10.7 Å². The van der Waals surface area contributed by atoms with Crippen molar-refractivity contribution in [2.75, 3.05) is 6.54 Å². The number of hydrogen-bond acceptors (Lipinski definition) is 3. The van der Waals surface area contributed by atoms with Crippen LogP contribution in [0.4, 0.5) is 0 Å². The molecule has 1 aliphatic heterocycles. The summed E-state index contributed by atoms with van der Waals surface area (Å²) in [5.74, 6) is 0. The summed E-state index contributed by atoms with van der Waals surface area (Å²) in [7, 11) is 0. The Bertz CT molecular complexity index is 516.